The Bertz CT molecular complexity index is 506. The second-order valence-corrected chi connectivity index (χ2v) is 6.38. The first kappa shape index (κ1) is 21.7. The molecule has 0 radical (unpaired) electrons. The van der Waals surface area contributed by atoms with Gasteiger partial charge in [0.1, 0.15) is 11.6 Å². The lowest BCUT2D eigenvalue weighted by molar-refractivity contribution is 0.0196. The third kappa shape index (κ3) is 4.65. The molecule has 0 aromatic heterocycles. The van der Waals surface area contributed by atoms with Crippen molar-refractivity contribution in [2.24, 2.45) is 5.92 Å². The fourth-order valence-electron chi connectivity index (χ4n) is 3.55. The van der Waals surface area contributed by atoms with Crippen molar-refractivity contribution < 1.29 is 14.2 Å². The average molecular weight is 402 g/mol. The lowest BCUT2D eigenvalue weighted by Gasteiger charge is -2.41. The average Bonchev–Trinajstić information content (AvgIpc) is 2.57. The number of halogens is 4. The molecule has 2 N–H and O–H groups in total. The molecule has 0 bridgehead atoms. The fourth-order valence-corrected chi connectivity index (χ4v) is 3.71. The van der Waals surface area contributed by atoms with E-state index >= 15 is 0 Å². The van der Waals surface area contributed by atoms with Gasteiger partial charge in [0.15, 0.2) is 0 Å². The van der Waals surface area contributed by atoms with Crippen molar-refractivity contribution in [1.29, 1.82) is 0 Å². The Morgan fingerprint density at radius 3 is 2.46 bits per heavy atom. The van der Waals surface area contributed by atoms with Crippen LogP contribution in [0.25, 0.3) is 0 Å². The van der Waals surface area contributed by atoms with Crippen LogP contribution in [0.3, 0.4) is 0 Å². The minimum Gasteiger partial charge on any atom is -0.506 e. The van der Waals surface area contributed by atoms with Gasteiger partial charge < -0.3 is 15.2 Å². The number of hydrogen-bond donors (Lipinski definition) is 2. The van der Waals surface area contributed by atoms with Crippen LogP contribution in [0.15, 0.2) is 12.1 Å². The molecular weight excluding hydrogens is 378 g/mol. The lowest BCUT2D eigenvalue weighted by atomic mass is 9.85. The van der Waals surface area contributed by atoms with Crippen LogP contribution >= 0.6 is 36.4 Å². The first-order valence-electron chi connectivity index (χ1n) is 7.88. The normalized spacial score (nSPS) is 20.8. The molecule has 2 heterocycles. The van der Waals surface area contributed by atoms with E-state index in [-0.39, 0.29) is 53.4 Å². The Labute approximate surface area is 159 Å². The molecule has 4 nitrogen and oxygen atoms in total. The van der Waals surface area contributed by atoms with E-state index < -0.39 is 0 Å². The highest BCUT2D eigenvalue weighted by atomic mass is 35.5. The van der Waals surface area contributed by atoms with Crippen molar-refractivity contribution in [3.8, 4) is 5.75 Å². The van der Waals surface area contributed by atoms with Gasteiger partial charge in [-0.1, -0.05) is 11.6 Å². The molecule has 0 aliphatic carbocycles. The summed E-state index contributed by atoms with van der Waals surface area (Å²) in [6.45, 7) is 4.82. The predicted molar refractivity (Wildman–Crippen MR) is 98.3 cm³/mol. The molecule has 0 unspecified atom stereocenters. The molecule has 8 heteroatoms. The van der Waals surface area contributed by atoms with Gasteiger partial charge in [0.25, 0.3) is 0 Å². The first-order chi connectivity index (χ1) is 10.7. The number of benzene rings is 1. The molecule has 1 atom stereocenters. The van der Waals surface area contributed by atoms with E-state index in [4.69, 9.17) is 16.3 Å². The van der Waals surface area contributed by atoms with Crippen LogP contribution in [-0.2, 0) is 4.74 Å². The van der Waals surface area contributed by atoms with Gasteiger partial charge in [-0.25, -0.2) is 4.39 Å². The van der Waals surface area contributed by atoms with Gasteiger partial charge in [-0.15, -0.1) is 24.8 Å². The van der Waals surface area contributed by atoms with Crippen molar-refractivity contribution in [2.75, 3.05) is 39.4 Å². The van der Waals surface area contributed by atoms with Crippen LogP contribution in [0.5, 0.6) is 5.75 Å². The molecule has 1 aromatic carbocycles. The number of aromatic hydroxyl groups is 1. The number of nitrogens with zero attached hydrogens (tertiary/aromatic N) is 1. The number of hydrogen-bond acceptors (Lipinski definition) is 4. The maximum atomic E-state index is 14.5. The fraction of sp³-hybridized carbons (Fsp3) is 0.625. The molecule has 138 valence electrons. The summed E-state index contributed by atoms with van der Waals surface area (Å²) in [7, 11) is 0. The van der Waals surface area contributed by atoms with Crippen LogP contribution < -0.4 is 5.32 Å². The van der Waals surface area contributed by atoms with Crippen molar-refractivity contribution in [3.05, 3.63) is 28.5 Å². The quantitative estimate of drug-likeness (QED) is 0.815. The highest BCUT2D eigenvalue weighted by molar-refractivity contribution is 6.32. The first-order valence-corrected chi connectivity index (χ1v) is 8.25. The monoisotopic (exact) mass is 400 g/mol. The standard InChI is InChI=1S/C16H22ClFN2O2.2ClH/c17-12-1-2-13(18)14(16(12)21)15(11-3-9-22-10-4-11)20-7-5-19-6-8-20;;/h1-2,11,15,19,21H,3-10H2;2*1H/t15-;;/m1../s1. The van der Waals surface area contributed by atoms with Gasteiger partial charge >= 0.3 is 0 Å². The second kappa shape index (κ2) is 10.00. The Morgan fingerprint density at radius 1 is 1.21 bits per heavy atom. The maximum Gasteiger partial charge on any atom is 0.141 e. The lowest BCUT2D eigenvalue weighted by Crippen LogP contribution is -2.47. The number of phenols is 1. The van der Waals surface area contributed by atoms with Crippen LogP contribution in [0.2, 0.25) is 5.02 Å². The maximum absolute atomic E-state index is 14.5. The molecule has 2 aliphatic rings. The van der Waals surface area contributed by atoms with E-state index in [2.05, 4.69) is 10.2 Å². The van der Waals surface area contributed by atoms with E-state index in [9.17, 15) is 9.50 Å². The molecular formula is C16H24Cl3FN2O2. The Morgan fingerprint density at radius 2 is 1.83 bits per heavy atom. The summed E-state index contributed by atoms with van der Waals surface area (Å²) in [6.07, 6.45) is 1.75. The molecule has 0 saturated carbocycles. The van der Waals surface area contributed by atoms with Crippen LogP contribution in [0.1, 0.15) is 24.4 Å². The number of nitrogens with one attached hydrogen (secondary N) is 1. The molecule has 2 aliphatic heterocycles. The molecule has 1 aromatic rings. The third-order valence-electron chi connectivity index (χ3n) is 4.67. The largest absolute Gasteiger partial charge is 0.506 e. The number of rotatable bonds is 3. The summed E-state index contributed by atoms with van der Waals surface area (Å²) in [5, 5.41) is 13.9. The van der Waals surface area contributed by atoms with Gasteiger partial charge in [0.05, 0.1) is 5.02 Å². The zero-order valence-electron chi connectivity index (χ0n) is 13.3. The summed E-state index contributed by atoms with van der Waals surface area (Å²) < 4.78 is 19.9. The van der Waals surface area contributed by atoms with Crippen molar-refractivity contribution in [3.63, 3.8) is 0 Å². The minimum atomic E-state index is -0.378. The number of ether oxygens (including phenoxy) is 1. The van der Waals surface area contributed by atoms with Gasteiger partial charge in [0.2, 0.25) is 0 Å². The Kier molecular flexibility index (Phi) is 9.06. The second-order valence-electron chi connectivity index (χ2n) is 5.97. The zero-order chi connectivity index (χ0) is 15.5. The SMILES string of the molecule is Cl.Cl.Oc1c(Cl)ccc(F)c1[C@@H](C1CCOCC1)N1CCNCC1. The summed E-state index contributed by atoms with van der Waals surface area (Å²) in [5.74, 6) is -0.223. The van der Waals surface area contributed by atoms with Gasteiger partial charge in [-0.3, -0.25) is 4.90 Å². The van der Waals surface area contributed by atoms with E-state index in [1.165, 1.54) is 12.1 Å². The van der Waals surface area contributed by atoms with Crippen LogP contribution in [-0.4, -0.2) is 49.4 Å². The topological polar surface area (TPSA) is 44.7 Å². The molecule has 0 spiro atoms. The van der Waals surface area contributed by atoms with E-state index in [0.29, 0.717) is 18.8 Å². The van der Waals surface area contributed by atoms with Gasteiger partial charge in [-0.05, 0) is 30.9 Å². The Hall–Kier alpha value is -0.300. The number of phenolic OH excluding ortho intramolecular Hbond substituents is 1. The minimum absolute atomic E-state index is 0. The smallest absolute Gasteiger partial charge is 0.141 e. The van der Waals surface area contributed by atoms with E-state index in [0.717, 1.165) is 39.0 Å². The molecule has 2 saturated heterocycles. The van der Waals surface area contributed by atoms with Crippen molar-refractivity contribution in [1.82, 2.24) is 10.2 Å². The number of piperazine rings is 1. The molecule has 2 fully saturated rings. The van der Waals surface area contributed by atoms with Gasteiger partial charge in [-0.2, -0.15) is 0 Å². The molecule has 24 heavy (non-hydrogen) atoms. The summed E-state index contributed by atoms with van der Waals surface area (Å²) >= 11 is 6.04. The van der Waals surface area contributed by atoms with E-state index in [1.54, 1.807) is 0 Å². The van der Waals surface area contributed by atoms with Gasteiger partial charge in [0, 0.05) is 51.0 Å². The molecule has 0 amide bonds. The zero-order valence-corrected chi connectivity index (χ0v) is 15.7. The van der Waals surface area contributed by atoms with Crippen LogP contribution in [0, 0.1) is 11.7 Å². The summed E-state index contributed by atoms with van der Waals surface area (Å²) in [5.41, 5.74) is 0.348. The summed E-state index contributed by atoms with van der Waals surface area (Å²) in [4.78, 5) is 2.26. The van der Waals surface area contributed by atoms with Crippen molar-refractivity contribution >= 4 is 36.4 Å². The molecule has 3 rings (SSSR count). The summed E-state index contributed by atoms with van der Waals surface area (Å²) in [6, 6.07) is 2.62. The highest BCUT2D eigenvalue weighted by Gasteiger charge is 2.35. The highest BCUT2D eigenvalue weighted by Crippen LogP contribution is 2.42. The van der Waals surface area contributed by atoms with Crippen molar-refractivity contribution in [2.45, 2.75) is 18.9 Å². The third-order valence-corrected chi connectivity index (χ3v) is 4.97. The predicted octanol–water partition coefficient (Wildman–Crippen LogP) is 3.40. The van der Waals surface area contributed by atoms with E-state index in [1.807, 2.05) is 0 Å². The van der Waals surface area contributed by atoms with Crippen LogP contribution in [0.4, 0.5) is 4.39 Å². The Balaban J connectivity index is 0.00000144.